The van der Waals surface area contributed by atoms with Gasteiger partial charge in [-0.3, -0.25) is 19.2 Å². The zero-order valence-electron chi connectivity index (χ0n) is 9.71. The Morgan fingerprint density at radius 1 is 1.11 bits per heavy atom. The van der Waals surface area contributed by atoms with Crippen molar-refractivity contribution < 1.29 is 38.2 Å². The Morgan fingerprint density at radius 2 is 1.63 bits per heavy atom. The Balaban J connectivity index is 1.66. The number of hydrogen-bond donors (Lipinski definition) is 1. The van der Waals surface area contributed by atoms with Crippen LogP contribution in [0.4, 0.5) is 0 Å². The van der Waals surface area contributed by atoms with Crippen LogP contribution < -0.4 is 0 Å². The van der Waals surface area contributed by atoms with Gasteiger partial charge in [0.1, 0.15) is 0 Å². The molecule has 0 aromatic carbocycles. The number of carboxylic acid groups (broad SMARTS) is 1. The minimum atomic E-state index is -1.78. The summed E-state index contributed by atoms with van der Waals surface area (Å²) in [6.45, 7) is 0. The van der Waals surface area contributed by atoms with E-state index in [9.17, 15) is 19.2 Å². The van der Waals surface area contributed by atoms with Crippen molar-refractivity contribution in [2.24, 2.45) is 10.8 Å². The first-order chi connectivity index (χ1) is 8.91. The maximum Gasteiger partial charge on any atom is 0.870 e. The van der Waals surface area contributed by atoms with Gasteiger partial charge in [-0.2, -0.15) is 0 Å². The minimum absolute atomic E-state index is 0.152. The molecule has 2 saturated carbocycles. The van der Waals surface area contributed by atoms with Gasteiger partial charge in [-0.15, -0.1) is 0 Å². The molecule has 0 aromatic rings. The van der Waals surface area contributed by atoms with Gasteiger partial charge in [0.2, 0.25) is 0 Å². The molecule has 1 spiro atoms. The van der Waals surface area contributed by atoms with E-state index < -0.39 is 42.0 Å². The summed E-state index contributed by atoms with van der Waals surface area (Å²) in [5.74, 6) is -3.94. The van der Waals surface area contributed by atoms with Crippen molar-refractivity contribution in [3.8, 4) is 0 Å². The number of carbonyl (C=O) groups excluding carboxylic acids is 3. The minimum Gasteiger partial charge on any atom is -0.480 e. The molecule has 9 heteroatoms. The zero-order chi connectivity index (χ0) is 13.8. The van der Waals surface area contributed by atoms with Gasteiger partial charge in [0.15, 0.2) is 10.8 Å². The SMILES string of the molecule is O=C(O)C1(C(=O)OB2OC(=O)C3(CC3)C(=O)O2)CC1. The first kappa shape index (κ1) is 12.0. The van der Waals surface area contributed by atoms with Gasteiger partial charge in [-0.1, -0.05) is 0 Å². The first-order valence-corrected chi connectivity index (χ1v) is 5.77. The first-order valence-electron chi connectivity index (χ1n) is 5.77. The highest BCUT2D eigenvalue weighted by Crippen LogP contribution is 2.51. The number of hydrogen-bond acceptors (Lipinski definition) is 7. The van der Waals surface area contributed by atoms with E-state index >= 15 is 0 Å². The second-order valence-electron chi connectivity index (χ2n) is 4.97. The fraction of sp³-hybridized carbons (Fsp3) is 0.600. The average molecular weight is 268 g/mol. The van der Waals surface area contributed by atoms with E-state index in [-0.39, 0.29) is 12.8 Å². The van der Waals surface area contributed by atoms with Crippen LogP contribution in [-0.4, -0.2) is 36.3 Å². The molecule has 1 N–H and O–H groups in total. The normalized spacial score (nSPS) is 25.4. The van der Waals surface area contributed by atoms with Crippen molar-refractivity contribution >= 4 is 31.2 Å². The standard InChI is InChI=1S/C10H9BO8/c12-5(13)9(1-2-9)6(14)17-11-18-7(15)10(3-4-10)8(16)19-11/h1-4H2,(H,12,13). The lowest BCUT2D eigenvalue weighted by Crippen LogP contribution is -2.48. The van der Waals surface area contributed by atoms with Crippen LogP contribution in [-0.2, 0) is 33.1 Å². The summed E-state index contributed by atoms with van der Waals surface area (Å²) < 4.78 is 14.0. The molecule has 1 aliphatic heterocycles. The Bertz CT molecular complexity index is 484. The Kier molecular flexibility index (Phi) is 2.20. The van der Waals surface area contributed by atoms with Crippen LogP contribution in [0.3, 0.4) is 0 Å². The third kappa shape index (κ3) is 1.61. The van der Waals surface area contributed by atoms with Crippen LogP contribution in [0.2, 0.25) is 0 Å². The van der Waals surface area contributed by atoms with Gasteiger partial charge >= 0.3 is 31.2 Å². The lowest BCUT2D eigenvalue weighted by molar-refractivity contribution is -0.168. The lowest BCUT2D eigenvalue weighted by atomic mass is 10.0. The van der Waals surface area contributed by atoms with Gasteiger partial charge in [-0.25, -0.2) is 0 Å². The predicted molar refractivity (Wildman–Crippen MR) is 55.0 cm³/mol. The van der Waals surface area contributed by atoms with E-state index in [1.807, 2.05) is 0 Å². The molecule has 0 radical (unpaired) electrons. The molecule has 2 aliphatic carbocycles. The quantitative estimate of drug-likeness (QED) is 0.525. The molecule has 8 nitrogen and oxygen atoms in total. The third-order valence-corrected chi connectivity index (χ3v) is 3.69. The monoisotopic (exact) mass is 268 g/mol. The van der Waals surface area contributed by atoms with Crippen molar-refractivity contribution in [2.45, 2.75) is 25.7 Å². The molecule has 1 saturated heterocycles. The molecule has 0 bridgehead atoms. The lowest BCUT2D eigenvalue weighted by Gasteiger charge is -2.23. The fourth-order valence-electron chi connectivity index (χ4n) is 1.92. The molecule has 3 aliphatic rings. The molecular formula is C10H9BO8. The van der Waals surface area contributed by atoms with Crippen LogP contribution in [0.1, 0.15) is 25.7 Å². The maximum absolute atomic E-state index is 11.6. The summed E-state index contributed by atoms with van der Waals surface area (Å²) in [7, 11) is -1.78. The van der Waals surface area contributed by atoms with Crippen LogP contribution in [0.25, 0.3) is 0 Å². The number of aliphatic carboxylic acids is 1. The molecule has 0 atom stereocenters. The van der Waals surface area contributed by atoms with Crippen molar-refractivity contribution in [1.82, 2.24) is 0 Å². The van der Waals surface area contributed by atoms with Gasteiger partial charge in [0.25, 0.3) is 0 Å². The molecule has 3 fully saturated rings. The topological polar surface area (TPSA) is 116 Å². The van der Waals surface area contributed by atoms with Crippen LogP contribution in [0.5, 0.6) is 0 Å². The highest BCUT2D eigenvalue weighted by atomic mass is 16.8. The van der Waals surface area contributed by atoms with Crippen molar-refractivity contribution in [3.63, 3.8) is 0 Å². The smallest absolute Gasteiger partial charge is 0.480 e. The molecular weight excluding hydrogens is 259 g/mol. The molecule has 100 valence electrons. The molecule has 3 rings (SSSR count). The Morgan fingerprint density at radius 3 is 2.00 bits per heavy atom. The van der Waals surface area contributed by atoms with E-state index in [1.54, 1.807) is 0 Å². The van der Waals surface area contributed by atoms with E-state index in [2.05, 4.69) is 14.0 Å². The maximum atomic E-state index is 11.6. The van der Waals surface area contributed by atoms with Crippen molar-refractivity contribution in [3.05, 3.63) is 0 Å². The highest BCUT2D eigenvalue weighted by molar-refractivity contribution is 6.47. The summed E-state index contributed by atoms with van der Waals surface area (Å²) in [4.78, 5) is 45.6. The third-order valence-electron chi connectivity index (χ3n) is 3.69. The molecule has 0 aromatic heterocycles. The fourth-order valence-corrected chi connectivity index (χ4v) is 1.92. The summed E-state index contributed by atoms with van der Waals surface area (Å²) in [6, 6.07) is 0. The number of rotatable bonds is 3. The second-order valence-corrected chi connectivity index (χ2v) is 4.97. The summed E-state index contributed by atoms with van der Waals surface area (Å²) in [5, 5.41) is 8.88. The van der Waals surface area contributed by atoms with E-state index in [0.29, 0.717) is 12.8 Å². The van der Waals surface area contributed by atoms with Gasteiger partial charge < -0.3 is 19.1 Å². The van der Waals surface area contributed by atoms with Gasteiger partial charge in [0, 0.05) is 0 Å². The summed E-state index contributed by atoms with van der Waals surface area (Å²) in [6.07, 6.45) is 1.01. The largest absolute Gasteiger partial charge is 0.870 e. The summed E-state index contributed by atoms with van der Waals surface area (Å²) >= 11 is 0. The Hall–Kier alpha value is -2.06. The molecule has 0 amide bonds. The Labute approximate surface area is 107 Å². The zero-order valence-corrected chi connectivity index (χ0v) is 9.71. The molecule has 1 heterocycles. The highest BCUT2D eigenvalue weighted by Gasteiger charge is 2.67. The van der Waals surface area contributed by atoms with Crippen molar-refractivity contribution in [1.29, 1.82) is 0 Å². The van der Waals surface area contributed by atoms with E-state index in [0.717, 1.165) is 0 Å². The van der Waals surface area contributed by atoms with Crippen LogP contribution >= 0.6 is 0 Å². The van der Waals surface area contributed by atoms with E-state index in [4.69, 9.17) is 5.11 Å². The molecule has 0 unspecified atom stereocenters. The van der Waals surface area contributed by atoms with Gasteiger partial charge in [0.05, 0.1) is 0 Å². The number of carbonyl (C=O) groups is 4. The average Bonchev–Trinajstić information content (AvgIpc) is 3.21. The van der Waals surface area contributed by atoms with Crippen LogP contribution in [0.15, 0.2) is 0 Å². The summed E-state index contributed by atoms with van der Waals surface area (Å²) in [5.41, 5.74) is -2.82. The predicted octanol–water partition coefficient (Wildman–Crippen LogP) is -0.741. The molecule has 19 heavy (non-hydrogen) atoms. The van der Waals surface area contributed by atoms with E-state index in [1.165, 1.54) is 0 Å². The number of carboxylic acids is 1. The second kappa shape index (κ2) is 3.49. The van der Waals surface area contributed by atoms with Crippen molar-refractivity contribution in [2.75, 3.05) is 0 Å². The van der Waals surface area contributed by atoms with Gasteiger partial charge in [-0.05, 0) is 25.7 Å². The van der Waals surface area contributed by atoms with Crippen LogP contribution in [0, 0.1) is 10.8 Å².